The maximum absolute atomic E-state index is 14.9. The van der Waals surface area contributed by atoms with E-state index in [9.17, 15) is 22.9 Å². The molecule has 1 saturated carbocycles. The average Bonchev–Trinajstić information content (AvgIpc) is 2.70. The Kier molecular flexibility index (Phi) is 5.25. The van der Waals surface area contributed by atoms with Crippen molar-refractivity contribution < 1.29 is 17.6 Å². The zero-order valence-electron chi connectivity index (χ0n) is 16.7. The Morgan fingerprint density at radius 1 is 1.17 bits per heavy atom. The normalized spacial score (nSPS) is 25.3. The first kappa shape index (κ1) is 20.7. The lowest BCUT2D eigenvalue weighted by Gasteiger charge is -2.38. The first-order valence-electron chi connectivity index (χ1n) is 10.0. The Hall–Kier alpha value is -2.56. The highest BCUT2D eigenvalue weighted by molar-refractivity contribution is 7.89. The average molecular weight is 427 g/mol. The van der Waals surface area contributed by atoms with Gasteiger partial charge in [-0.1, -0.05) is 42.5 Å². The van der Waals surface area contributed by atoms with Gasteiger partial charge in [-0.3, -0.25) is 4.79 Å². The number of hydrogen-bond donors (Lipinski definition) is 0. The number of benzene rings is 2. The van der Waals surface area contributed by atoms with Crippen molar-refractivity contribution in [2.75, 3.05) is 0 Å². The van der Waals surface area contributed by atoms with E-state index in [2.05, 4.69) is 6.07 Å². The molecule has 0 N–H and O–H groups in total. The quantitative estimate of drug-likeness (QED) is 0.740. The lowest BCUT2D eigenvalue weighted by atomic mass is 9.64. The van der Waals surface area contributed by atoms with E-state index in [1.54, 1.807) is 12.1 Å². The number of halogens is 1. The third-order valence-corrected chi connectivity index (χ3v) is 8.71. The summed E-state index contributed by atoms with van der Waals surface area (Å²) >= 11 is 0. The van der Waals surface area contributed by atoms with Gasteiger partial charge in [-0.2, -0.15) is 9.57 Å². The number of rotatable bonds is 4. The molecule has 2 aliphatic rings. The molecule has 2 aromatic carbocycles. The largest absolute Gasteiger partial charge is 0.300 e. The topological polar surface area (TPSA) is 78.2 Å². The van der Waals surface area contributed by atoms with Crippen LogP contribution in [0.3, 0.4) is 0 Å². The van der Waals surface area contributed by atoms with Gasteiger partial charge < -0.3 is 0 Å². The molecule has 2 aromatic rings. The molecule has 0 radical (unpaired) electrons. The second-order valence-electron chi connectivity index (χ2n) is 8.31. The highest BCUT2D eigenvalue weighted by atomic mass is 32.2. The van der Waals surface area contributed by atoms with Crippen molar-refractivity contribution in [2.45, 2.75) is 55.9 Å². The first-order chi connectivity index (χ1) is 14.3. The van der Waals surface area contributed by atoms with Crippen molar-refractivity contribution in [2.24, 2.45) is 0 Å². The molecule has 1 heterocycles. The number of nitriles is 1. The van der Waals surface area contributed by atoms with Gasteiger partial charge in [0.25, 0.3) is 0 Å². The number of carbonyl (C=O) groups excluding carboxylic acids is 1. The van der Waals surface area contributed by atoms with Gasteiger partial charge >= 0.3 is 0 Å². The first-order valence-corrected chi connectivity index (χ1v) is 11.5. The van der Waals surface area contributed by atoms with E-state index in [1.165, 1.54) is 10.4 Å². The van der Waals surface area contributed by atoms with Crippen molar-refractivity contribution in [1.82, 2.24) is 4.31 Å². The Morgan fingerprint density at radius 2 is 1.87 bits per heavy atom. The van der Waals surface area contributed by atoms with E-state index in [0.29, 0.717) is 18.4 Å². The van der Waals surface area contributed by atoms with Crippen LogP contribution in [0.5, 0.6) is 0 Å². The van der Waals surface area contributed by atoms with Crippen LogP contribution < -0.4 is 0 Å². The molecule has 5 nitrogen and oxygen atoms in total. The number of ketones is 1. The number of carbonyl (C=O) groups is 1. The summed E-state index contributed by atoms with van der Waals surface area (Å²) in [6.45, 7) is 1.78. The van der Waals surface area contributed by atoms with E-state index >= 15 is 0 Å². The van der Waals surface area contributed by atoms with Gasteiger partial charge in [0.15, 0.2) is 0 Å². The van der Waals surface area contributed by atoms with Crippen molar-refractivity contribution in [1.29, 1.82) is 5.26 Å². The molecule has 0 bridgehead atoms. The molecule has 0 amide bonds. The summed E-state index contributed by atoms with van der Waals surface area (Å²) in [7, 11) is -3.66. The van der Waals surface area contributed by atoms with E-state index in [4.69, 9.17) is 0 Å². The fraction of sp³-hybridized carbons (Fsp3) is 0.391. The van der Waals surface area contributed by atoms with Crippen molar-refractivity contribution in [3.8, 4) is 6.07 Å². The van der Waals surface area contributed by atoms with Gasteiger partial charge in [0.2, 0.25) is 10.0 Å². The van der Waals surface area contributed by atoms with Gasteiger partial charge in [0, 0.05) is 31.0 Å². The molecule has 4 rings (SSSR count). The molecule has 30 heavy (non-hydrogen) atoms. The fourth-order valence-electron chi connectivity index (χ4n) is 4.46. The minimum absolute atomic E-state index is 0.0128. The van der Waals surface area contributed by atoms with Gasteiger partial charge in [0.1, 0.15) is 16.9 Å². The van der Waals surface area contributed by atoms with Crippen LogP contribution in [0, 0.1) is 17.1 Å². The summed E-state index contributed by atoms with van der Waals surface area (Å²) in [6.07, 6.45) is 1.42. The van der Waals surface area contributed by atoms with E-state index in [1.807, 2.05) is 37.3 Å². The molecule has 7 heteroatoms. The van der Waals surface area contributed by atoms with Crippen LogP contribution in [0.1, 0.15) is 54.5 Å². The predicted molar refractivity (Wildman–Crippen MR) is 110 cm³/mol. The van der Waals surface area contributed by atoms with Crippen LogP contribution in [0.25, 0.3) is 0 Å². The highest BCUT2D eigenvalue weighted by Crippen LogP contribution is 2.42. The molecule has 2 fully saturated rings. The monoisotopic (exact) mass is 426 g/mol. The van der Waals surface area contributed by atoms with Gasteiger partial charge in [-0.15, -0.1) is 0 Å². The lowest BCUT2D eigenvalue weighted by molar-refractivity contribution is -0.126. The Labute approximate surface area is 176 Å². The summed E-state index contributed by atoms with van der Waals surface area (Å²) in [5, 5.41) is 8.82. The standard InChI is InChI=1S/C23H23FN2O3S/c1-16-7-10-22(17-5-3-2-4-6-17)30(28,29)26(16)14-18-8-9-19(11-21(18)24)23(15-25)12-20(27)13-23/h2-6,8-9,11,16,22H,7,10,12-14H2,1H3/t16-,22+/m0/s1. The predicted octanol–water partition coefficient (Wildman–Crippen LogP) is 4.01. The number of nitrogens with zero attached hydrogens (tertiary/aromatic N) is 2. The molecule has 0 unspecified atom stereocenters. The molecular weight excluding hydrogens is 403 g/mol. The molecule has 2 atom stereocenters. The molecule has 0 spiro atoms. The van der Waals surface area contributed by atoms with Crippen LogP contribution >= 0.6 is 0 Å². The van der Waals surface area contributed by atoms with Crippen molar-refractivity contribution in [3.05, 3.63) is 71.0 Å². The minimum atomic E-state index is -3.66. The summed E-state index contributed by atoms with van der Waals surface area (Å²) in [4.78, 5) is 11.4. The summed E-state index contributed by atoms with van der Waals surface area (Å²) in [5.74, 6) is -0.563. The fourth-order valence-corrected chi connectivity index (χ4v) is 6.65. The molecule has 1 saturated heterocycles. The number of Topliss-reactive ketones (excluding diaryl/α,β-unsaturated/α-hetero) is 1. The number of sulfonamides is 1. The summed E-state index contributed by atoms with van der Waals surface area (Å²) in [5.41, 5.74) is 0.527. The zero-order valence-corrected chi connectivity index (χ0v) is 17.5. The van der Waals surface area contributed by atoms with Crippen LogP contribution in [-0.2, 0) is 26.8 Å². The van der Waals surface area contributed by atoms with E-state index in [-0.39, 0.29) is 36.8 Å². The minimum Gasteiger partial charge on any atom is -0.300 e. The zero-order chi connectivity index (χ0) is 21.5. The molecular formula is C23H23FN2O3S. The maximum Gasteiger partial charge on any atom is 0.221 e. The van der Waals surface area contributed by atoms with Crippen LogP contribution in [0.2, 0.25) is 0 Å². The van der Waals surface area contributed by atoms with Crippen LogP contribution in [0.4, 0.5) is 4.39 Å². The van der Waals surface area contributed by atoms with Crippen LogP contribution in [0.15, 0.2) is 48.5 Å². The van der Waals surface area contributed by atoms with E-state index in [0.717, 1.165) is 5.56 Å². The SMILES string of the molecule is C[C@H]1CC[C@H](c2ccccc2)S(=O)(=O)N1Cc1ccc(C2(C#N)CC(=O)C2)cc1F. The highest BCUT2D eigenvalue weighted by Gasteiger charge is 2.46. The molecule has 0 aromatic heterocycles. The molecule has 156 valence electrons. The third-order valence-electron chi connectivity index (χ3n) is 6.34. The summed E-state index contributed by atoms with van der Waals surface area (Å²) in [6, 6.07) is 15.5. The molecule has 1 aliphatic carbocycles. The van der Waals surface area contributed by atoms with Gasteiger partial charge in [0.05, 0.1) is 11.5 Å². The van der Waals surface area contributed by atoms with Crippen molar-refractivity contribution >= 4 is 15.8 Å². The van der Waals surface area contributed by atoms with Gasteiger partial charge in [-0.25, -0.2) is 12.8 Å². The Balaban J connectivity index is 1.61. The second-order valence-corrected chi connectivity index (χ2v) is 10.4. The lowest BCUT2D eigenvalue weighted by Crippen LogP contribution is -2.45. The number of hydrogen-bond acceptors (Lipinski definition) is 4. The third kappa shape index (κ3) is 3.44. The van der Waals surface area contributed by atoms with Gasteiger partial charge in [-0.05, 0) is 37.0 Å². The smallest absolute Gasteiger partial charge is 0.221 e. The van der Waals surface area contributed by atoms with E-state index < -0.39 is 26.5 Å². The van der Waals surface area contributed by atoms with Crippen molar-refractivity contribution in [3.63, 3.8) is 0 Å². The summed E-state index contributed by atoms with van der Waals surface area (Å²) < 4.78 is 43.0. The van der Waals surface area contributed by atoms with Crippen LogP contribution in [-0.4, -0.2) is 24.5 Å². The Morgan fingerprint density at radius 3 is 2.47 bits per heavy atom. The molecule has 1 aliphatic heterocycles. The Bertz CT molecular complexity index is 1120. The second kappa shape index (κ2) is 7.60. The maximum atomic E-state index is 14.9.